The van der Waals surface area contributed by atoms with Crippen molar-refractivity contribution >= 4 is 21.8 Å². The molecular weight excluding hydrogens is 330 g/mol. The van der Waals surface area contributed by atoms with Gasteiger partial charge in [-0.1, -0.05) is 0 Å². The van der Waals surface area contributed by atoms with Crippen molar-refractivity contribution in [1.29, 1.82) is 0 Å². The van der Waals surface area contributed by atoms with Crippen LogP contribution in [0.15, 0.2) is 29.2 Å². The van der Waals surface area contributed by atoms with Crippen LogP contribution in [0.4, 0.5) is 10.5 Å². The number of hydrogen-bond acceptors (Lipinski definition) is 5. The summed E-state index contributed by atoms with van der Waals surface area (Å²) >= 11 is 0. The second-order valence-corrected chi connectivity index (χ2v) is 8.89. The number of anilines is 1. The summed E-state index contributed by atoms with van der Waals surface area (Å²) in [5, 5.41) is 0. The minimum absolute atomic E-state index is 0.203. The first-order chi connectivity index (χ1) is 11.0. The van der Waals surface area contributed by atoms with Crippen molar-refractivity contribution in [2.24, 2.45) is 0 Å². The zero-order valence-electron chi connectivity index (χ0n) is 14.5. The quantitative estimate of drug-likeness (QED) is 0.818. The summed E-state index contributed by atoms with van der Waals surface area (Å²) in [6.45, 7) is 7.98. The van der Waals surface area contributed by atoms with E-state index in [4.69, 9.17) is 10.5 Å². The van der Waals surface area contributed by atoms with Crippen LogP contribution in [0.5, 0.6) is 0 Å². The molecule has 2 N–H and O–H groups in total. The molecule has 1 saturated heterocycles. The molecule has 24 heavy (non-hydrogen) atoms. The SMILES string of the molecule is C[C@@H]1CN(S(=O)(=O)c2ccc(N)cc2)CCN1C(=O)OC(C)(C)C. The molecular formula is C16H25N3O4S. The molecule has 7 nitrogen and oxygen atoms in total. The van der Waals surface area contributed by atoms with Crippen molar-refractivity contribution in [2.45, 2.75) is 44.2 Å². The second-order valence-electron chi connectivity index (χ2n) is 6.95. The van der Waals surface area contributed by atoms with Crippen LogP contribution in [0.25, 0.3) is 0 Å². The number of nitrogens with two attached hydrogens (primary N) is 1. The summed E-state index contributed by atoms with van der Waals surface area (Å²) in [6.07, 6.45) is -0.417. The standard InChI is InChI=1S/C16H25N3O4S/c1-12-11-18(9-10-19(12)15(20)23-16(2,3)4)24(21,22)14-7-5-13(17)6-8-14/h5-8,12H,9-11,17H2,1-4H3/t12-/m1/s1. The summed E-state index contributed by atoms with van der Waals surface area (Å²) in [6, 6.07) is 5.85. The number of carbonyl (C=O) groups excluding carboxylic acids is 1. The highest BCUT2D eigenvalue weighted by Crippen LogP contribution is 2.22. The summed E-state index contributed by atoms with van der Waals surface area (Å²) in [5.74, 6) is 0. The van der Waals surface area contributed by atoms with Crippen LogP contribution < -0.4 is 5.73 Å². The first-order valence-corrected chi connectivity index (χ1v) is 9.30. The maximum absolute atomic E-state index is 12.7. The van der Waals surface area contributed by atoms with E-state index in [1.54, 1.807) is 37.8 Å². The molecule has 1 amide bonds. The average Bonchev–Trinajstić information content (AvgIpc) is 2.45. The number of hydrogen-bond donors (Lipinski definition) is 1. The number of nitrogen functional groups attached to an aromatic ring is 1. The Morgan fingerprint density at radius 3 is 2.29 bits per heavy atom. The smallest absolute Gasteiger partial charge is 0.410 e. The third-order valence-electron chi connectivity index (χ3n) is 3.74. The lowest BCUT2D eigenvalue weighted by Gasteiger charge is -2.39. The molecule has 2 rings (SSSR count). The topological polar surface area (TPSA) is 92.9 Å². The third-order valence-corrected chi connectivity index (χ3v) is 5.62. The number of ether oxygens (including phenoxy) is 1. The Labute approximate surface area is 143 Å². The van der Waals surface area contributed by atoms with Gasteiger partial charge < -0.3 is 15.4 Å². The molecule has 0 spiro atoms. The fraction of sp³-hybridized carbons (Fsp3) is 0.562. The molecule has 1 aromatic rings. The lowest BCUT2D eigenvalue weighted by molar-refractivity contribution is 0.00859. The predicted molar refractivity (Wildman–Crippen MR) is 92.0 cm³/mol. The van der Waals surface area contributed by atoms with Gasteiger partial charge in [-0.05, 0) is 52.0 Å². The fourth-order valence-electron chi connectivity index (χ4n) is 2.52. The summed E-state index contributed by atoms with van der Waals surface area (Å²) in [7, 11) is -3.60. The molecule has 0 bridgehead atoms. The van der Waals surface area contributed by atoms with Gasteiger partial charge in [0.05, 0.1) is 4.90 Å². The predicted octanol–water partition coefficient (Wildman–Crippen LogP) is 1.90. The van der Waals surface area contributed by atoms with Gasteiger partial charge in [-0.25, -0.2) is 13.2 Å². The van der Waals surface area contributed by atoms with E-state index in [1.165, 1.54) is 16.4 Å². The molecule has 8 heteroatoms. The number of piperazine rings is 1. The van der Waals surface area contributed by atoms with Crippen LogP contribution in [0, 0.1) is 0 Å². The van der Waals surface area contributed by atoms with Gasteiger partial charge >= 0.3 is 6.09 Å². The molecule has 0 saturated carbocycles. The first kappa shape index (κ1) is 18.5. The monoisotopic (exact) mass is 355 g/mol. The van der Waals surface area contributed by atoms with Gasteiger partial charge in [-0.3, -0.25) is 0 Å². The van der Waals surface area contributed by atoms with Gasteiger partial charge in [-0.2, -0.15) is 4.31 Å². The van der Waals surface area contributed by atoms with Gasteiger partial charge in [0.2, 0.25) is 10.0 Å². The molecule has 1 heterocycles. The van der Waals surface area contributed by atoms with Crippen molar-refractivity contribution in [3.8, 4) is 0 Å². The molecule has 1 aliphatic rings. The number of amides is 1. The van der Waals surface area contributed by atoms with E-state index in [9.17, 15) is 13.2 Å². The first-order valence-electron chi connectivity index (χ1n) is 7.86. The van der Waals surface area contributed by atoms with Crippen LogP contribution in [0.2, 0.25) is 0 Å². The van der Waals surface area contributed by atoms with Crippen LogP contribution in [0.1, 0.15) is 27.7 Å². The van der Waals surface area contributed by atoms with Crippen LogP contribution in [-0.2, 0) is 14.8 Å². The minimum Gasteiger partial charge on any atom is -0.444 e. The Bertz CT molecular complexity index is 695. The van der Waals surface area contributed by atoms with E-state index in [2.05, 4.69) is 0 Å². The van der Waals surface area contributed by atoms with Crippen molar-refractivity contribution in [3.05, 3.63) is 24.3 Å². The summed E-state index contributed by atoms with van der Waals surface area (Å²) < 4.78 is 32.2. The lowest BCUT2D eigenvalue weighted by atomic mass is 10.2. The van der Waals surface area contributed by atoms with Crippen LogP contribution >= 0.6 is 0 Å². The number of sulfonamides is 1. The maximum Gasteiger partial charge on any atom is 0.410 e. The van der Waals surface area contributed by atoms with E-state index in [-0.39, 0.29) is 24.0 Å². The lowest BCUT2D eigenvalue weighted by Crippen LogP contribution is -2.56. The van der Waals surface area contributed by atoms with Crippen molar-refractivity contribution in [1.82, 2.24) is 9.21 Å². The molecule has 0 radical (unpaired) electrons. The summed E-state index contributed by atoms with van der Waals surface area (Å²) in [4.78, 5) is 14.0. The average molecular weight is 355 g/mol. The molecule has 1 atom stereocenters. The van der Waals surface area contributed by atoms with Gasteiger partial charge in [0, 0.05) is 31.4 Å². The largest absolute Gasteiger partial charge is 0.444 e. The fourth-order valence-corrected chi connectivity index (χ4v) is 4.04. The second kappa shape index (κ2) is 6.60. The van der Waals surface area contributed by atoms with E-state index >= 15 is 0 Å². The Morgan fingerprint density at radius 1 is 1.21 bits per heavy atom. The number of benzene rings is 1. The normalized spacial score (nSPS) is 20.0. The Balaban J connectivity index is 2.10. The molecule has 0 aliphatic carbocycles. The Kier molecular flexibility index (Phi) is 5.10. The van der Waals surface area contributed by atoms with Crippen molar-refractivity contribution in [3.63, 3.8) is 0 Å². The highest BCUT2D eigenvalue weighted by molar-refractivity contribution is 7.89. The number of rotatable bonds is 2. The molecule has 1 fully saturated rings. The highest BCUT2D eigenvalue weighted by atomic mass is 32.2. The van der Waals surface area contributed by atoms with Gasteiger partial charge in [-0.15, -0.1) is 0 Å². The molecule has 134 valence electrons. The van der Waals surface area contributed by atoms with Crippen LogP contribution in [0.3, 0.4) is 0 Å². The van der Waals surface area contributed by atoms with Crippen LogP contribution in [-0.4, -0.2) is 55.0 Å². The van der Waals surface area contributed by atoms with Crippen molar-refractivity contribution < 1.29 is 17.9 Å². The number of nitrogens with zero attached hydrogens (tertiary/aromatic N) is 2. The molecule has 0 unspecified atom stereocenters. The van der Waals surface area contributed by atoms with E-state index < -0.39 is 21.7 Å². The molecule has 0 aromatic heterocycles. The van der Waals surface area contributed by atoms with E-state index in [1.807, 2.05) is 6.92 Å². The van der Waals surface area contributed by atoms with Gasteiger partial charge in [0.25, 0.3) is 0 Å². The van der Waals surface area contributed by atoms with Gasteiger partial charge in [0.15, 0.2) is 0 Å². The highest BCUT2D eigenvalue weighted by Gasteiger charge is 2.35. The van der Waals surface area contributed by atoms with E-state index in [0.717, 1.165) is 0 Å². The van der Waals surface area contributed by atoms with E-state index in [0.29, 0.717) is 12.2 Å². The molecule has 1 aliphatic heterocycles. The van der Waals surface area contributed by atoms with Crippen molar-refractivity contribution in [2.75, 3.05) is 25.4 Å². The zero-order valence-corrected chi connectivity index (χ0v) is 15.3. The Hall–Kier alpha value is -1.80. The third kappa shape index (κ3) is 4.18. The molecule has 1 aromatic carbocycles. The number of carbonyl (C=O) groups is 1. The Morgan fingerprint density at radius 2 is 1.79 bits per heavy atom. The van der Waals surface area contributed by atoms with Gasteiger partial charge in [0.1, 0.15) is 5.60 Å². The maximum atomic E-state index is 12.7. The summed E-state index contributed by atoms with van der Waals surface area (Å²) in [5.41, 5.74) is 5.54. The minimum atomic E-state index is -3.60. The zero-order chi connectivity index (χ0) is 18.1.